The molecule has 0 spiro atoms. The SMILES string of the molecule is COc1cc(NC(=O)CN(C)CC2CCNCC2)cc(OC)c1.Cl. The summed E-state index contributed by atoms with van der Waals surface area (Å²) in [5.74, 6) is 1.95. The topological polar surface area (TPSA) is 62.8 Å². The van der Waals surface area contributed by atoms with Gasteiger partial charge in [0.25, 0.3) is 0 Å². The Morgan fingerprint density at radius 1 is 1.21 bits per heavy atom. The van der Waals surface area contributed by atoms with Crippen molar-refractivity contribution in [3.8, 4) is 11.5 Å². The maximum Gasteiger partial charge on any atom is 0.238 e. The molecule has 1 aliphatic heterocycles. The fourth-order valence-electron chi connectivity index (χ4n) is 2.89. The number of halogens is 1. The third-order valence-corrected chi connectivity index (χ3v) is 4.08. The number of hydrogen-bond acceptors (Lipinski definition) is 5. The van der Waals surface area contributed by atoms with Crippen LogP contribution in [0.3, 0.4) is 0 Å². The molecule has 1 aromatic rings. The number of rotatable bonds is 7. The number of anilines is 1. The summed E-state index contributed by atoms with van der Waals surface area (Å²) in [6, 6.07) is 5.35. The lowest BCUT2D eigenvalue weighted by Crippen LogP contribution is -2.37. The average Bonchev–Trinajstić information content (AvgIpc) is 2.54. The van der Waals surface area contributed by atoms with E-state index in [1.807, 2.05) is 7.05 Å². The van der Waals surface area contributed by atoms with Crippen LogP contribution in [0.5, 0.6) is 11.5 Å². The van der Waals surface area contributed by atoms with Crippen LogP contribution in [0.1, 0.15) is 12.8 Å². The number of carbonyl (C=O) groups excluding carboxylic acids is 1. The highest BCUT2D eigenvalue weighted by Gasteiger charge is 2.16. The molecular weight excluding hydrogens is 330 g/mol. The third-order valence-electron chi connectivity index (χ3n) is 4.08. The molecule has 0 radical (unpaired) electrons. The Hall–Kier alpha value is -1.50. The lowest BCUT2D eigenvalue weighted by molar-refractivity contribution is -0.117. The standard InChI is InChI=1S/C17H27N3O3.ClH/c1-20(11-13-4-6-18-7-5-13)12-17(21)19-14-8-15(22-2)10-16(9-14)23-3;/h8-10,13,18H,4-7,11-12H2,1-3H3,(H,19,21);1H. The van der Waals surface area contributed by atoms with Crippen molar-refractivity contribution in [1.29, 1.82) is 0 Å². The monoisotopic (exact) mass is 357 g/mol. The first kappa shape index (κ1) is 20.5. The summed E-state index contributed by atoms with van der Waals surface area (Å²) in [5.41, 5.74) is 0.682. The quantitative estimate of drug-likeness (QED) is 0.781. The van der Waals surface area contributed by atoms with Gasteiger partial charge in [0.2, 0.25) is 5.91 Å². The van der Waals surface area contributed by atoms with Crippen LogP contribution in [0.25, 0.3) is 0 Å². The van der Waals surface area contributed by atoms with E-state index in [1.165, 1.54) is 12.8 Å². The first-order valence-electron chi connectivity index (χ1n) is 8.03. The van der Waals surface area contributed by atoms with Crippen molar-refractivity contribution in [3.63, 3.8) is 0 Å². The van der Waals surface area contributed by atoms with E-state index in [9.17, 15) is 4.79 Å². The van der Waals surface area contributed by atoms with Crippen molar-refractivity contribution in [2.45, 2.75) is 12.8 Å². The van der Waals surface area contributed by atoms with Crippen LogP contribution in [0.15, 0.2) is 18.2 Å². The molecule has 0 bridgehead atoms. The second kappa shape index (κ2) is 10.4. The van der Waals surface area contributed by atoms with Crippen molar-refractivity contribution >= 4 is 24.0 Å². The molecule has 1 heterocycles. The van der Waals surface area contributed by atoms with Gasteiger partial charge in [-0.05, 0) is 38.9 Å². The van der Waals surface area contributed by atoms with Crippen molar-refractivity contribution in [1.82, 2.24) is 10.2 Å². The molecule has 1 aliphatic rings. The number of benzene rings is 1. The van der Waals surface area contributed by atoms with Crippen molar-refractivity contribution in [2.24, 2.45) is 5.92 Å². The van der Waals surface area contributed by atoms with Crippen LogP contribution in [0, 0.1) is 5.92 Å². The van der Waals surface area contributed by atoms with Gasteiger partial charge in [0, 0.05) is 30.4 Å². The van der Waals surface area contributed by atoms with E-state index in [-0.39, 0.29) is 18.3 Å². The number of amides is 1. The van der Waals surface area contributed by atoms with E-state index in [1.54, 1.807) is 32.4 Å². The molecule has 7 heteroatoms. The summed E-state index contributed by atoms with van der Waals surface area (Å²) in [6.45, 7) is 3.49. The van der Waals surface area contributed by atoms with Crippen LogP contribution in [-0.2, 0) is 4.79 Å². The summed E-state index contributed by atoms with van der Waals surface area (Å²) < 4.78 is 10.4. The molecule has 136 valence electrons. The normalized spacial score (nSPS) is 14.8. The first-order valence-corrected chi connectivity index (χ1v) is 8.03. The summed E-state index contributed by atoms with van der Waals surface area (Å²) >= 11 is 0. The van der Waals surface area contributed by atoms with Crippen LogP contribution in [-0.4, -0.2) is 58.3 Å². The van der Waals surface area contributed by atoms with Crippen LogP contribution in [0.4, 0.5) is 5.69 Å². The summed E-state index contributed by atoms with van der Waals surface area (Å²) in [5, 5.41) is 6.27. The van der Waals surface area contributed by atoms with E-state index in [4.69, 9.17) is 9.47 Å². The first-order chi connectivity index (χ1) is 11.1. The molecule has 6 nitrogen and oxygen atoms in total. The summed E-state index contributed by atoms with van der Waals surface area (Å²) in [7, 11) is 5.17. The minimum absolute atomic E-state index is 0. The molecule has 0 atom stereocenters. The fraction of sp³-hybridized carbons (Fsp3) is 0.588. The highest BCUT2D eigenvalue weighted by atomic mass is 35.5. The largest absolute Gasteiger partial charge is 0.497 e. The molecule has 2 N–H and O–H groups in total. The zero-order valence-electron chi connectivity index (χ0n) is 14.6. The highest BCUT2D eigenvalue weighted by Crippen LogP contribution is 2.25. The predicted molar refractivity (Wildman–Crippen MR) is 98.5 cm³/mol. The maximum atomic E-state index is 12.2. The Bertz CT molecular complexity index is 500. The van der Waals surface area contributed by atoms with Gasteiger partial charge in [0.05, 0.1) is 20.8 Å². The number of nitrogens with zero attached hydrogens (tertiary/aromatic N) is 1. The molecule has 0 aliphatic carbocycles. The van der Waals surface area contributed by atoms with E-state index < -0.39 is 0 Å². The number of methoxy groups -OCH3 is 2. The molecule has 2 rings (SSSR count). The number of nitrogens with one attached hydrogen (secondary N) is 2. The average molecular weight is 358 g/mol. The van der Waals surface area contributed by atoms with Gasteiger partial charge >= 0.3 is 0 Å². The number of hydrogen-bond donors (Lipinski definition) is 2. The molecule has 1 aromatic carbocycles. The van der Waals surface area contributed by atoms with Crippen LogP contribution >= 0.6 is 12.4 Å². The van der Waals surface area contributed by atoms with Crippen LogP contribution < -0.4 is 20.1 Å². The van der Waals surface area contributed by atoms with Gasteiger partial charge in [-0.25, -0.2) is 0 Å². The Morgan fingerprint density at radius 2 is 1.79 bits per heavy atom. The minimum Gasteiger partial charge on any atom is -0.497 e. The van der Waals surface area contributed by atoms with Crippen LogP contribution in [0.2, 0.25) is 0 Å². The van der Waals surface area contributed by atoms with Gasteiger partial charge in [0.15, 0.2) is 0 Å². The Balaban J connectivity index is 0.00000288. The lowest BCUT2D eigenvalue weighted by Gasteiger charge is -2.27. The predicted octanol–water partition coefficient (Wildman–Crippen LogP) is 2.00. The van der Waals surface area contributed by atoms with Crippen molar-refractivity contribution in [3.05, 3.63) is 18.2 Å². The van der Waals surface area contributed by atoms with Gasteiger partial charge in [-0.3, -0.25) is 9.69 Å². The smallest absolute Gasteiger partial charge is 0.238 e. The van der Waals surface area contributed by atoms with E-state index >= 15 is 0 Å². The Morgan fingerprint density at radius 3 is 2.33 bits per heavy atom. The van der Waals surface area contributed by atoms with E-state index in [0.29, 0.717) is 29.6 Å². The Kier molecular flexibility index (Phi) is 8.89. The van der Waals surface area contributed by atoms with Gasteiger partial charge in [-0.1, -0.05) is 0 Å². The summed E-state index contributed by atoms with van der Waals surface area (Å²) in [6.07, 6.45) is 2.36. The zero-order chi connectivity index (χ0) is 16.7. The second-order valence-electron chi connectivity index (χ2n) is 6.04. The molecule has 24 heavy (non-hydrogen) atoms. The highest BCUT2D eigenvalue weighted by molar-refractivity contribution is 5.92. The van der Waals surface area contributed by atoms with Gasteiger partial charge in [-0.15, -0.1) is 12.4 Å². The van der Waals surface area contributed by atoms with E-state index in [0.717, 1.165) is 19.6 Å². The Labute approximate surface area is 150 Å². The number of likely N-dealkylation sites (N-methyl/N-ethyl adjacent to an activating group) is 1. The van der Waals surface area contributed by atoms with Crippen molar-refractivity contribution < 1.29 is 14.3 Å². The van der Waals surface area contributed by atoms with Gasteiger partial charge in [-0.2, -0.15) is 0 Å². The molecule has 1 fully saturated rings. The number of piperidine rings is 1. The van der Waals surface area contributed by atoms with Gasteiger partial charge < -0.3 is 20.1 Å². The molecule has 0 aromatic heterocycles. The third kappa shape index (κ3) is 6.55. The van der Waals surface area contributed by atoms with E-state index in [2.05, 4.69) is 15.5 Å². The molecule has 1 amide bonds. The number of carbonyl (C=O) groups is 1. The second-order valence-corrected chi connectivity index (χ2v) is 6.04. The van der Waals surface area contributed by atoms with Crippen molar-refractivity contribution in [2.75, 3.05) is 52.8 Å². The van der Waals surface area contributed by atoms with Gasteiger partial charge in [0.1, 0.15) is 11.5 Å². The lowest BCUT2D eigenvalue weighted by atomic mass is 9.98. The molecule has 0 unspecified atom stereocenters. The molecule has 0 saturated carbocycles. The molecule has 1 saturated heterocycles. The zero-order valence-corrected chi connectivity index (χ0v) is 15.4. The maximum absolute atomic E-state index is 12.2. The summed E-state index contributed by atoms with van der Waals surface area (Å²) in [4.78, 5) is 14.3. The minimum atomic E-state index is -0.0308. The molecular formula is C17H28ClN3O3. The fourth-order valence-corrected chi connectivity index (χ4v) is 2.89. The number of ether oxygens (including phenoxy) is 2.